The predicted molar refractivity (Wildman–Crippen MR) is 81.5 cm³/mol. The second-order valence-corrected chi connectivity index (χ2v) is 4.94. The fourth-order valence-electron chi connectivity index (χ4n) is 2.03. The summed E-state index contributed by atoms with van der Waals surface area (Å²) in [6.07, 6.45) is 0. The lowest BCUT2D eigenvalue weighted by molar-refractivity contribution is 0.276. The molecule has 0 aliphatic rings. The van der Waals surface area contributed by atoms with Crippen LogP contribution in [0, 0.1) is 5.82 Å². The van der Waals surface area contributed by atoms with Crippen molar-refractivity contribution in [1.82, 2.24) is 5.32 Å². The lowest BCUT2D eigenvalue weighted by atomic mass is 10.1. The lowest BCUT2D eigenvalue weighted by Crippen LogP contribution is -2.09. The van der Waals surface area contributed by atoms with Gasteiger partial charge in [0.2, 0.25) is 0 Å². The van der Waals surface area contributed by atoms with E-state index in [1.165, 1.54) is 6.07 Å². The molecule has 5 heteroatoms. The zero-order valence-corrected chi connectivity index (χ0v) is 12.7. The Labute approximate surface area is 128 Å². The van der Waals surface area contributed by atoms with E-state index in [0.717, 1.165) is 5.56 Å². The van der Waals surface area contributed by atoms with Crippen LogP contribution in [0.4, 0.5) is 4.39 Å². The first-order valence-corrected chi connectivity index (χ1v) is 6.90. The minimum absolute atomic E-state index is 0.126. The van der Waals surface area contributed by atoms with Gasteiger partial charge in [-0.05, 0) is 19.2 Å². The Morgan fingerprint density at radius 2 is 1.95 bits per heavy atom. The van der Waals surface area contributed by atoms with Gasteiger partial charge in [0.05, 0.1) is 7.11 Å². The second kappa shape index (κ2) is 7.29. The van der Waals surface area contributed by atoms with Gasteiger partial charge < -0.3 is 14.8 Å². The maximum Gasteiger partial charge on any atom is 0.166 e. The molecule has 0 spiro atoms. The van der Waals surface area contributed by atoms with Crippen LogP contribution in [-0.4, -0.2) is 14.2 Å². The van der Waals surface area contributed by atoms with E-state index in [0.29, 0.717) is 28.6 Å². The summed E-state index contributed by atoms with van der Waals surface area (Å²) in [6, 6.07) is 10.00. The highest BCUT2D eigenvalue weighted by Gasteiger charge is 2.13. The second-order valence-electron chi connectivity index (χ2n) is 4.51. The number of nitrogens with one attached hydrogen (secondary N) is 1. The first-order chi connectivity index (χ1) is 10.2. The van der Waals surface area contributed by atoms with Gasteiger partial charge in [0.25, 0.3) is 0 Å². The van der Waals surface area contributed by atoms with E-state index in [2.05, 4.69) is 5.32 Å². The molecule has 112 valence electrons. The zero-order chi connectivity index (χ0) is 15.2. The van der Waals surface area contributed by atoms with Gasteiger partial charge in [-0.25, -0.2) is 4.39 Å². The van der Waals surface area contributed by atoms with Crippen LogP contribution in [-0.2, 0) is 13.2 Å². The molecule has 1 N–H and O–H groups in total. The first-order valence-electron chi connectivity index (χ1n) is 6.53. The standard InChI is InChI=1S/C16H17ClFNO2/c1-19-9-12-7-13(17)8-15(20-2)16(12)21-10-11-5-3-4-6-14(11)18/h3-8,19H,9-10H2,1-2H3. The van der Waals surface area contributed by atoms with Crippen molar-refractivity contribution in [3.05, 3.63) is 58.4 Å². The minimum atomic E-state index is -0.291. The third-order valence-electron chi connectivity index (χ3n) is 3.01. The number of hydrogen-bond acceptors (Lipinski definition) is 3. The van der Waals surface area contributed by atoms with Crippen LogP contribution in [0.3, 0.4) is 0 Å². The molecule has 2 rings (SSSR count). The van der Waals surface area contributed by atoms with Gasteiger partial charge in [-0.3, -0.25) is 0 Å². The zero-order valence-electron chi connectivity index (χ0n) is 12.0. The molecule has 0 amide bonds. The molecule has 2 aromatic rings. The van der Waals surface area contributed by atoms with E-state index in [9.17, 15) is 4.39 Å². The molecule has 21 heavy (non-hydrogen) atoms. The molecule has 0 saturated heterocycles. The number of rotatable bonds is 6. The summed E-state index contributed by atoms with van der Waals surface area (Å²) < 4.78 is 24.7. The molecule has 0 fully saturated rings. The Morgan fingerprint density at radius 1 is 1.19 bits per heavy atom. The van der Waals surface area contributed by atoms with E-state index in [1.807, 2.05) is 7.05 Å². The number of methoxy groups -OCH3 is 1. The molecule has 0 saturated carbocycles. The van der Waals surface area contributed by atoms with Gasteiger partial charge in [0, 0.05) is 28.8 Å². The molecule has 0 bridgehead atoms. The van der Waals surface area contributed by atoms with Crippen molar-refractivity contribution in [3.63, 3.8) is 0 Å². The molecule has 2 aromatic carbocycles. The average Bonchev–Trinajstić information content (AvgIpc) is 2.47. The third-order valence-corrected chi connectivity index (χ3v) is 3.23. The maximum absolute atomic E-state index is 13.6. The summed E-state index contributed by atoms with van der Waals surface area (Å²) >= 11 is 6.06. The molecule has 0 aromatic heterocycles. The topological polar surface area (TPSA) is 30.5 Å². The van der Waals surface area contributed by atoms with Gasteiger partial charge in [-0.1, -0.05) is 29.8 Å². The van der Waals surface area contributed by atoms with Crippen molar-refractivity contribution in [3.8, 4) is 11.5 Å². The Bertz CT molecular complexity index is 619. The highest BCUT2D eigenvalue weighted by molar-refractivity contribution is 6.30. The van der Waals surface area contributed by atoms with Crippen LogP contribution in [0.15, 0.2) is 36.4 Å². The van der Waals surface area contributed by atoms with E-state index >= 15 is 0 Å². The molecule has 3 nitrogen and oxygen atoms in total. The van der Waals surface area contributed by atoms with Crippen LogP contribution in [0.2, 0.25) is 5.02 Å². The van der Waals surface area contributed by atoms with Gasteiger partial charge in [-0.15, -0.1) is 0 Å². The van der Waals surface area contributed by atoms with Crippen molar-refractivity contribution in [2.75, 3.05) is 14.2 Å². The summed E-state index contributed by atoms with van der Waals surface area (Å²) in [5, 5.41) is 3.61. The highest BCUT2D eigenvalue weighted by atomic mass is 35.5. The van der Waals surface area contributed by atoms with Gasteiger partial charge >= 0.3 is 0 Å². The smallest absolute Gasteiger partial charge is 0.166 e. The van der Waals surface area contributed by atoms with E-state index in [-0.39, 0.29) is 12.4 Å². The van der Waals surface area contributed by atoms with Crippen LogP contribution in [0.1, 0.15) is 11.1 Å². The van der Waals surface area contributed by atoms with Gasteiger partial charge in [-0.2, -0.15) is 0 Å². The van der Waals surface area contributed by atoms with Crippen LogP contribution < -0.4 is 14.8 Å². The molecular formula is C16H17ClFNO2. The van der Waals surface area contributed by atoms with Crippen molar-refractivity contribution < 1.29 is 13.9 Å². The third kappa shape index (κ3) is 3.86. The van der Waals surface area contributed by atoms with E-state index in [1.54, 1.807) is 37.4 Å². The van der Waals surface area contributed by atoms with Crippen molar-refractivity contribution in [2.45, 2.75) is 13.2 Å². The van der Waals surface area contributed by atoms with Gasteiger partial charge in [0.15, 0.2) is 11.5 Å². The number of ether oxygens (including phenoxy) is 2. The lowest BCUT2D eigenvalue weighted by Gasteiger charge is -2.16. The molecule has 0 aliphatic heterocycles. The fourth-order valence-corrected chi connectivity index (χ4v) is 2.26. The average molecular weight is 310 g/mol. The molecule has 0 atom stereocenters. The number of halogens is 2. The quantitative estimate of drug-likeness (QED) is 0.880. The largest absolute Gasteiger partial charge is 0.493 e. The van der Waals surface area contributed by atoms with Crippen LogP contribution in [0.5, 0.6) is 11.5 Å². The maximum atomic E-state index is 13.6. The molecule has 0 unspecified atom stereocenters. The molecule has 0 aliphatic carbocycles. The Hall–Kier alpha value is -1.78. The summed E-state index contributed by atoms with van der Waals surface area (Å²) in [7, 11) is 3.37. The van der Waals surface area contributed by atoms with E-state index < -0.39 is 0 Å². The Kier molecular flexibility index (Phi) is 5.42. The van der Waals surface area contributed by atoms with Crippen molar-refractivity contribution in [1.29, 1.82) is 0 Å². The fraction of sp³-hybridized carbons (Fsp3) is 0.250. The predicted octanol–water partition coefficient (Wildman–Crippen LogP) is 3.79. The minimum Gasteiger partial charge on any atom is -0.493 e. The monoisotopic (exact) mass is 309 g/mol. The van der Waals surface area contributed by atoms with Gasteiger partial charge in [0.1, 0.15) is 12.4 Å². The van der Waals surface area contributed by atoms with E-state index in [4.69, 9.17) is 21.1 Å². The number of benzene rings is 2. The Morgan fingerprint density at radius 3 is 2.62 bits per heavy atom. The van der Waals surface area contributed by atoms with Crippen molar-refractivity contribution in [2.24, 2.45) is 0 Å². The molecule has 0 heterocycles. The molecular weight excluding hydrogens is 293 g/mol. The summed E-state index contributed by atoms with van der Waals surface area (Å²) in [4.78, 5) is 0. The normalized spacial score (nSPS) is 10.5. The van der Waals surface area contributed by atoms with Crippen LogP contribution in [0.25, 0.3) is 0 Å². The highest BCUT2D eigenvalue weighted by Crippen LogP contribution is 2.35. The van der Waals surface area contributed by atoms with Crippen molar-refractivity contribution >= 4 is 11.6 Å². The SMILES string of the molecule is CNCc1cc(Cl)cc(OC)c1OCc1ccccc1F. The molecule has 0 radical (unpaired) electrons. The number of hydrogen-bond donors (Lipinski definition) is 1. The first kappa shape index (κ1) is 15.6. The van der Waals surface area contributed by atoms with Crippen LogP contribution >= 0.6 is 11.6 Å². The summed E-state index contributed by atoms with van der Waals surface area (Å²) in [5.74, 6) is 0.809. The Balaban J connectivity index is 2.27. The summed E-state index contributed by atoms with van der Waals surface area (Å²) in [6.45, 7) is 0.699. The summed E-state index contributed by atoms with van der Waals surface area (Å²) in [5.41, 5.74) is 1.35.